The normalized spacial score (nSPS) is 11.0. The highest BCUT2D eigenvalue weighted by atomic mass is 16.5. The van der Waals surface area contributed by atoms with Crippen LogP contribution in [0.5, 0.6) is 0 Å². The van der Waals surface area contributed by atoms with Crippen LogP contribution in [0.25, 0.3) is 10.9 Å². The minimum Gasteiger partial charge on any atom is -0.457 e. The van der Waals surface area contributed by atoms with Gasteiger partial charge in [0.05, 0.1) is 17.3 Å². The van der Waals surface area contributed by atoms with E-state index in [4.69, 9.17) is 4.74 Å². The van der Waals surface area contributed by atoms with Gasteiger partial charge in [-0.1, -0.05) is 19.1 Å². The van der Waals surface area contributed by atoms with E-state index < -0.39 is 5.97 Å². The van der Waals surface area contributed by atoms with Crippen molar-refractivity contribution in [1.82, 2.24) is 14.5 Å². The third kappa shape index (κ3) is 4.62. The number of aromatic amines is 1. The number of ether oxygens (including phenoxy) is 1. The van der Waals surface area contributed by atoms with E-state index in [1.165, 1.54) is 0 Å². The monoisotopic (exact) mass is 395 g/mol. The molecule has 152 valence electrons. The van der Waals surface area contributed by atoms with Gasteiger partial charge in [0.15, 0.2) is 6.61 Å². The van der Waals surface area contributed by atoms with Crippen LogP contribution in [0.1, 0.15) is 47.3 Å². The summed E-state index contributed by atoms with van der Waals surface area (Å²) in [4.78, 5) is 43.6. The molecule has 0 radical (unpaired) electrons. The highest BCUT2D eigenvalue weighted by molar-refractivity contribution is 5.99. The largest absolute Gasteiger partial charge is 0.457 e. The lowest BCUT2D eigenvalue weighted by Gasteiger charge is -2.08. The number of carbonyl (C=O) groups is 2. The second-order valence-corrected chi connectivity index (χ2v) is 7.05. The Morgan fingerprint density at radius 1 is 1.21 bits per heavy atom. The number of esters is 1. The number of carbonyl (C=O) groups excluding carboxylic acids is 2. The van der Waals surface area contributed by atoms with Gasteiger partial charge < -0.3 is 14.3 Å². The minimum absolute atomic E-state index is 0.0312. The van der Waals surface area contributed by atoms with Crippen molar-refractivity contribution in [2.45, 2.75) is 46.6 Å². The molecule has 0 fully saturated rings. The number of aryl methyl sites for hydroxylation is 2. The van der Waals surface area contributed by atoms with Crippen molar-refractivity contribution in [2.24, 2.45) is 0 Å². The lowest BCUT2D eigenvalue weighted by Crippen LogP contribution is -2.17. The molecule has 0 saturated carbocycles. The van der Waals surface area contributed by atoms with Crippen LogP contribution in [0.4, 0.5) is 0 Å². The Balaban J connectivity index is 1.57. The molecule has 1 N–H and O–H groups in total. The zero-order chi connectivity index (χ0) is 21.0. The van der Waals surface area contributed by atoms with Crippen molar-refractivity contribution in [3.63, 3.8) is 0 Å². The van der Waals surface area contributed by atoms with Crippen molar-refractivity contribution in [1.29, 1.82) is 0 Å². The number of benzene rings is 1. The molecular formula is C22H25N3O4. The number of nitrogens with one attached hydrogen (secondary N) is 1. The molecule has 29 heavy (non-hydrogen) atoms. The number of Topliss-reactive ketones (excluding diaryl/α,β-unsaturated/α-hetero) is 1. The van der Waals surface area contributed by atoms with Gasteiger partial charge in [0.2, 0.25) is 5.78 Å². The van der Waals surface area contributed by atoms with Crippen LogP contribution < -0.4 is 5.56 Å². The van der Waals surface area contributed by atoms with Gasteiger partial charge in [-0.2, -0.15) is 0 Å². The first-order chi connectivity index (χ1) is 13.9. The number of H-pyrrole nitrogens is 1. The van der Waals surface area contributed by atoms with E-state index in [1.54, 1.807) is 24.3 Å². The maximum atomic E-state index is 12.5. The van der Waals surface area contributed by atoms with Crippen LogP contribution >= 0.6 is 0 Å². The molecule has 3 rings (SSSR count). The minimum atomic E-state index is -0.503. The summed E-state index contributed by atoms with van der Waals surface area (Å²) in [6.07, 6.45) is 1.24. The second-order valence-electron chi connectivity index (χ2n) is 7.05. The summed E-state index contributed by atoms with van der Waals surface area (Å²) in [7, 11) is 0. The average molecular weight is 395 g/mol. The standard InChI is InChI=1S/C22H25N3O4/c1-4-11-25-14(2)12-17(15(25)3)19(26)13-29-21(27)10-9-20-23-18-8-6-5-7-16(18)22(28)24-20/h5-8,12H,4,9-11,13H2,1-3H3,(H,23,24,28). The van der Waals surface area contributed by atoms with Gasteiger partial charge >= 0.3 is 5.97 Å². The van der Waals surface area contributed by atoms with E-state index in [0.29, 0.717) is 22.3 Å². The number of hydrogen-bond donors (Lipinski definition) is 1. The van der Waals surface area contributed by atoms with E-state index in [-0.39, 0.29) is 30.8 Å². The lowest BCUT2D eigenvalue weighted by molar-refractivity contribution is -0.142. The maximum Gasteiger partial charge on any atom is 0.306 e. The van der Waals surface area contributed by atoms with Gasteiger partial charge in [0.25, 0.3) is 5.56 Å². The third-order valence-corrected chi connectivity index (χ3v) is 4.91. The van der Waals surface area contributed by atoms with Gasteiger partial charge in [-0.25, -0.2) is 4.98 Å². The fourth-order valence-corrected chi connectivity index (χ4v) is 3.42. The quantitative estimate of drug-likeness (QED) is 0.467. The van der Waals surface area contributed by atoms with Crippen molar-refractivity contribution in [2.75, 3.05) is 6.61 Å². The molecule has 2 aromatic heterocycles. The molecule has 0 bridgehead atoms. The Morgan fingerprint density at radius 3 is 2.72 bits per heavy atom. The molecule has 0 atom stereocenters. The lowest BCUT2D eigenvalue weighted by atomic mass is 10.1. The van der Waals surface area contributed by atoms with Crippen LogP contribution in [-0.2, 0) is 22.5 Å². The topological polar surface area (TPSA) is 94.0 Å². The Kier molecular flexibility index (Phi) is 6.26. The fourth-order valence-electron chi connectivity index (χ4n) is 3.42. The summed E-state index contributed by atoms with van der Waals surface area (Å²) >= 11 is 0. The molecule has 1 aromatic carbocycles. The first kappa shape index (κ1) is 20.5. The number of ketones is 1. The van der Waals surface area contributed by atoms with Crippen LogP contribution in [0.15, 0.2) is 35.1 Å². The summed E-state index contributed by atoms with van der Waals surface area (Å²) in [5, 5.41) is 0.505. The molecule has 3 aromatic rings. The van der Waals surface area contributed by atoms with E-state index in [1.807, 2.05) is 19.9 Å². The van der Waals surface area contributed by atoms with Gasteiger partial charge in [-0.3, -0.25) is 14.4 Å². The van der Waals surface area contributed by atoms with Gasteiger partial charge in [-0.15, -0.1) is 0 Å². The second kappa shape index (κ2) is 8.86. The Hall–Kier alpha value is -3.22. The molecule has 0 aliphatic heterocycles. The van der Waals surface area contributed by atoms with Gasteiger partial charge in [-0.05, 0) is 38.5 Å². The number of fused-ring (bicyclic) bond motifs is 1. The summed E-state index contributed by atoms with van der Waals surface area (Å²) in [5.74, 6) is -0.303. The SMILES string of the molecule is CCCn1c(C)cc(C(=O)COC(=O)CCc2nc3ccccc3c(=O)[nH]2)c1C. The highest BCUT2D eigenvalue weighted by Gasteiger charge is 2.17. The van der Waals surface area contributed by atoms with Gasteiger partial charge in [0, 0.05) is 29.9 Å². The van der Waals surface area contributed by atoms with Crippen molar-refractivity contribution in [3.8, 4) is 0 Å². The smallest absolute Gasteiger partial charge is 0.306 e. The molecule has 0 aliphatic carbocycles. The molecule has 7 nitrogen and oxygen atoms in total. The van der Waals surface area contributed by atoms with Gasteiger partial charge in [0.1, 0.15) is 5.82 Å². The van der Waals surface area contributed by atoms with Crippen LogP contribution in [0.2, 0.25) is 0 Å². The van der Waals surface area contributed by atoms with E-state index in [0.717, 1.165) is 24.4 Å². The molecule has 0 amide bonds. The Bertz CT molecular complexity index is 1110. The molecule has 0 spiro atoms. The number of para-hydroxylation sites is 1. The number of nitrogens with zero attached hydrogens (tertiary/aromatic N) is 2. The zero-order valence-corrected chi connectivity index (χ0v) is 16.9. The molecular weight excluding hydrogens is 370 g/mol. The first-order valence-corrected chi connectivity index (χ1v) is 9.74. The molecule has 2 heterocycles. The van der Waals surface area contributed by atoms with Crippen LogP contribution in [0.3, 0.4) is 0 Å². The highest BCUT2D eigenvalue weighted by Crippen LogP contribution is 2.16. The average Bonchev–Trinajstić information content (AvgIpc) is 2.99. The van der Waals surface area contributed by atoms with E-state index in [9.17, 15) is 14.4 Å². The summed E-state index contributed by atoms with van der Waals surface area (Å²) in [6.45, 7) is 6.50. The predicted octanol–water partition coefficient (Wildman–Crippen LogP) is 3.11. The predicted molar refractivity (Wildman–Crippen MR) is 110 cm³/mol. The molecule has 0 saturated heterocycles. The number of rotatable bonds is 8. The summed E-state index contributed by atoms with van der Waals surface area (Å²) in [6, 6.07) is 8.86. The Labute approximate surface area is 168 Å². The van der Waals surface area contributed by atoms with Crippen molar-refractivity contribution >= 4 is 22.7 Å². The van der Waals surface area contributed by atoms with Crippen LogP contribution in [0, 0.1) is 13.8 Å². The first-order valence-electron chi connectivity index (χ1n) is 9.74. The molecule has 0 aliphatic rings. The summed E-state index contributed by atoms with van der Waals surface area (Å²) < 4.78 is 7.24. The molecule has 7 heteroatoms. The zero-order valence-electron chi connectivity index (χ0n) is 16.9. The fraction of sp³-hybridized carbons (Fsp3) is 0.364. The van der Waals surface area contributed by atoms with E-state index in [2.05, 4.69) is 21.5 Å². The van der Waals surface area contributed by atoms with Crippen LogP contribution in [-0.4, -0.2) is 32.9 Å². The third-order valence-electron chi connectivity index (χ3n) is 4.91. The number of aromatic nitrogens is 3. The van der Waals surface area contributed by atoms with Crippen molar-refractivity contribution in [3.05, 3.63) is 63.5 Å². The number of hydrogen-bond acceptors (Lipinski definition) is 5. The summed E-state index contributed by atoms with van der Waals surface area (Å²) in [5.41, 5.74) is 2.84. The Morgan fingerprint density at radius 2 is 1.97 bits per heavy atom. The van der Waals surface area contributed by atoms with Crippen molar-refractivity contribution < 1.29 is 14.3 Å². The molecule has 0 unspecified atom stereocenters. The van der Waals surface area contributed by atoms with E-state index >= 15 is 0 Å². The maximum absolute atomic E-state index is 12.5.